The van der Waals surface area contributed by atoms with E-state index in [2.05, 4.69) is 17.4 Å². The summed E-state index contributed by atoms with van der Waals surface area (Å²) in [6, 6.07) is 6.38. The summed E-state index contributed by atoms with van der Waals surface area (Å²) in [5.41, 5.74) is 3.92. The normalized spacial score (nSPS) is 16.6. The van der Waals surface area contributed by atoms with E-state index in [1.165, 1.54) is 30.4 Å². The standard InChI is InChI=1S/C13H19NO2/c15-9-13(16)8-14-12-6-5-10-3-1-2-4-11(10)7-12/h5-7,13-16H,1-4,8-9H2. The van der Waals surface area contributed by atoms with Crippen molar-refractivity contribution >= 4 is 5.69 Å². The predicted molar refractivity (Wildman–Crippen MR) is 64.7 cm³/mol. The summed E-state index contributed by atoms with van der Waals surface area (Å²) in [5.74, 6) is 0. The SMILES string of the molecule is OCC(O)CNc1ccc2c(c1)CCCC2. The Labute approximate surface area is 96.1 Å². The average Bonchev–Trinajstić information content (AvgIpc) is 2.35. The van der Waals surface area contributed by atoms with Gasteiger partial charge < -0.3 is 15.5 Å². The van der Waals surface area contributed by atoms with Gasteiger partial charge in [-0.05, 0) is 48.9 Å². The number of hydrogen-bond donors (Lipinski definition) is 3. The van der Waals surface area contributed by atoms with Crippen LogP contribution in [-0.2, 0) is 12.8 Å². The van der Waals surface area contributed by atoms with Gasteiger partial charge in [-0.2, -0.15) is 0 Å². The molecule has 1 unspecified atom stereocenters. The van der Waals surface area contributed by atoms with Gasteiger partial charge in [-0.1, -0.05) is 6.07 Å². The third-order valence-corrected chi connectivity index (χ3v) is 3.10. The van der Waals surface area contributed by atoms with Gasteiger partial charge in [0.1, 0.15) is 0 Å². The van der Waals surface area contributed by atoms with Crippen molar-refractivity contribution < 1.29 is 10.2 Å². The molecule has 0 aromatic heterocycles. The topological polar surface area (TPSA) is 52.5 Å². The van der Waals surface area contributed by atoms with E-state index in [4.69, 9.17) is 5.11 Å². The number of benzene rings is 1. The van der Waals surface area contributed by atoms with Crippen LogP contribution in [0.2, 0.25) is 0 Å². The van der Waals surface area contributed by atoms with E-state index >= 15 is 0 Å². The van der Waals surface area contributed by atoms with Crippen LogP contribution in [0, 0.1) is 0 Å². The van der Waals surface area contributed by atoms with Crippen molar-refractivity contribution in [2.75, 3.05) is 18.5 Å². The monoisotopic (exact) mass is 221 g/mol. The second-order valence-corrected chi connectivity index (χ2v) is 4.41. The van der Waals surface area contributed by atoms with Gasteiger partial charge in [-0.15, -0.1) is 0 Å². The maximum atomic E-state index is 9.25. The molecule has 16 heavy (non-hydrogen) atoms. The van der Waals surface area contributed by atoms with Gasteiger partial charge in [0.2, 0.25) is 0 Å². The minimum Gasteiger partial charge on any atom is -0.394 e. The summed E-state index contributed by atoms with van der Waals surface area (Å²) >= 11 is 0. The highest BCUT2D eigenvalue weighted by Gasteiger charge is 2.09. The van der Waals surface area contributed by atoms with Crippen molar-refractivity contribution in [3.8, 4) is 0 Å². The van der Waals surface area contributed by atoms with E-state index in [1.54, 1.807) is 0 Å². The molecule has 2 rings (SSSR count). The van der Waals surface area contributed by atoms with Gasteiger partial charge in [0.25, 0.3) is 0 Å². The van der Waals surface area contributed by atoms with Crippen molar-refractivity contribution in [2.24, 2.45) is 0 Å². The molecule has 0 heterocycles. The first-order valence-electron chi connectivity index (χ1n) is 5.94. The summed E-state index contributed by atoms with van der Waals surface area (Å²) in [6.45, 7) is 0.202. The summed E-state index contributed by atoms with van der Waals surface area (Å²) in [4.78, 5) is 0. The number of aryl methyl sites for hydroxylation is 2. The summed E-state index contributed by atoms with van der Waals surface area (Å²) in [5, 5.41) is 21.1. The fraction of sp³-hybridized carbons (Fsp3) is 0.538. The molecule has 1 aliphatic carbocycles. The first-order chi connectivity index (χ1) is 7.79. The van der Waals surface area contributed by atoms with Crippen LogP contribution in [0.15, 0.2) is 18.2 Å². The maximum absolute atomic E-state index is 9.25. The number of anilines is 1. The predicted octanol–water partition coefficient (Wildman–Crippen LogP) is 1.33. The Bertz CT molecular complexity index is 352. The number of fused-ring (bicyclic) bond motifs is 1. The average molecular weight is 221 g/mol. The van der Waals surface area contributed by atoms with Crippen LogP contribution in [-0.4, -0.2) is 29.5 Å². The molecule has 1 aliphatic rings. The molecular formula is C13H19NO2. The molecule has 0 aliphatic heterocycles. The highest BCUT2D eigenvalue weighted by Crippen LogP contribution is 2.24. The van der Waals surface area contributed by atoms with Crippen molar-refractivity contribution in [3.05, 3.63) is 29.3 Å². The number of rotatable bonds is 4. The number of aliphatic hydroxyl groups is 2. The summed E-state index contributed by atoms with van der Waals surface area (Å²) in [7, 11) is 0. The number of aliphatic hydroxyl groups excluding tert-OH is 2. The third kappa shape index (κ3) is 2.74. The van der Waals surface area contributed by atoms with E-state index in [0.717, 1.165) is 12.1 Å². The summed E-state index contributed by atoms with van der Waals surface area (Å²) < 4.78 is 0. The lowest BCUT2D eigenvalue weighted by molar-refractivity contribution is 0.105. The molecule has 0 spiro atoms. The highest BCUT2D eigenvalue weighted by molar-refractivity contribution is 5.49. The van der Waals surface area contributed by atoms with Crippen LogP contribution in [0.4, 0.5) is 5.69 Å². The molecule has 1 aromatic rings. The van der Waals surface area contributed by atoms with Gasteiger partial charge in [0.15, 0.2) is 0 Å². The van der Waals surface area contributed by atoms with Crippen LogP contribution in [0.5, 0.6) is 0 Å². The maximum Gasteiger partial charge on any atom is 0.0942 e. The molecule has 0 radical (unpaired) electrons. The summed E-state index contributed by atoms with van der Waals surface area (Å²) in [6.07, 6.45) is 4.23. The van der Waals surface area contributed by atoms with Crippen molar-refractivity contribution in [2.45, 2.75) is 31.8 Å². The molecule has 3 heteroatoms. The Morgan fingerprint density at radius 1 is 1.19 bits per heavy atom. The molecule has 88 valence electrons. The minimum absolute atomic E-state index is 0.196. The largest absolute Gasteiger partial charge is 0.394 e. The molecule has 0 amide bonds. The highest BCUT2D eigenvalue weighted by atomic mass is 16.3. The van der Waals surface area contributed by atoms with E-state index in [0.29, 0.717) is 6.54 Å². The van der Waals surface area contributed by atoms with Crippen LogP contribution in [0.1, 0.15) is 24.0 Å². The molecular weight excluding hydrogens is 202 g/mol. The lowest BCUT2D eigenvalue weighted by Gasteiger charge is -2.17. The Morgan fingerprint density at radius 2 is 1.94 bits per heavy atom. The first kappa shape index (κ1) is 11.4. The zero-order valence-corrected chi connectivity index (χ0v) is 9.45. The van der Waals surface area contributed by atoms with Gasteiger partial charge in [0.05, 0.1) is 12.7 Å². The Hall–Kier alpha value is -1.06. The third-order valence-electron chi connectivity index (χ3n) is 3.10. The van der Waals surface area contributed by atoms with Crippen LogP contribution < -0.4 is 5.32 Å². The zero-order chi connectivity index (χ0) is 11.4. The molecule has 0 saturated heterocycles. The second-order valence-electron chi connectivity index (χ2n) is 4.41. The smallest absolute Gasteiger partial charge is 0.0942 e. The zero-order valence-electron chi connectivity index (χ0n) is 9.45. The lowest BCUT2D eigenvalue weighted by atomic mass is 9.91. The lowest BCUT2D eigenvalue weighted by Crippen LogP contribution is -2.23. The fourth-order valence-electron chi connectivity index (χ4n) is 2.14. The first-order valence-corrected chi connectivity index (χ1v) is 5.94. The van der Waals surface area contributed by atoms with Gasteiger partial charge in [-0.3, -0.25) is 0 Å². The molecule has 3 nitrogen and oxygen atoms in total. The molecule has 3 N–H and O–H groups in total. The van der Waals surface area contributed by atoms with E-state index in [9.17, 15) is 5.11 Å². The minimum atomic E-state index is -0.684. The molecule has 1 atom stereocenters. The Balaban J connectivity index is 2.00. The Kier molecular flexibility index (Phi) is 3.80. The molecule has 0 bridgehead atoms. The Morgan fingerprint density at radius 3 is 2.69 bits per heavy atom. The van der Waals surface area contributed by atoms with Gasteiger partial charge in [0, 0.05) is 12.2 Å². The number of hydrogen-bond acceptors (Lipinski definition) is 3. The van der Waals surface area contributed by atoms with Crippen molar-refractivity contribution in [1.82, 2.24) is 0 Å². The number of nitrogens with one attached hydrogen (secondary N) is 1. The molecule has 1 aromatic carbocycles. The van der Waals surface area contributed by atoms with Crippen LogP contribution in [0.3, 0.4) is 0 Å². The van der Waals surface area contributed by atoms with Crippen molar-refractivity contribution in [1.29, 1.82) is 0 Å². The quantitative estimate of drug-likeness (QED) is 0.719. The molecule has 0 saturated carbocycles. The van der Waals surface area contributed by atoms with E-state index in [1.807, 2.05) is 6.07 Å². The second kappa shape index (κ2) is 5.32. The van der Waals surface area contributed by atoms with Crippen molar-refractivity contribution in [3.63, 3.8) is 0 Å². The van der Waals surface area contributed by atoms with E-state index in [-0.39, 0.29) is 6.61 Å². The van der Waals surface area contributed by atoms with Crippen LogP contribution >= 0.6 is 0 Å². The van der Waals surface area contributed by atoms with Gasteiger partial charge >= 0.3 is 0 Å². The van der Waals surface area contributed by atoms with E-state index < -0.39 is 6.10 Å². The van der Waals surface area contributed by atoms with Gasteiger partial charge in [-0.25, -0.2) is 0 Å². The fourth-order valence-corrected chi connectivity index (χ4v) is 2.14. The van der Waals surface area contributed by atoms with Crippen LogP contribution in [0.25, 0.3) is 0 Å². The molecule has 0 fully saturated rings.